The van der Waals surface area contributed by atoms with Gasteiger partial charge in [-0.05, 0) is 42.8 Å². The van der Waals surface area contributed by atoms with E-state index in [4.69, 9.17) is 9.84 Å². The largest absolute Gasteiger partial charge is 0.496 e. The van der Waals surface area contributed by atoms with Gasteiger partial charge < -0.3 is 15.2 Å². The Labute approximate surface area is 132 Å². The molecule has 120 valence electrons. The highest BCUT2D eigenvalue weighted by Crippen LogP contribution is 2.32. The van der Waals surface area contributed by atoms with E-state index < -0.39 is 17.7 Å². The van der Waals surface area contributed by atoms with Gasteiger partial charge in [-0.2, -0.15) is 0 Å². The van der Waals surface area contributed by atoms with Gasteiger partial charge >= 0.3 is 5.97 Å². The predicted molar refractivity (Wildman–Crippen MR) is 83.4 cm³/mol. The zero-order chi connectivity index (χ0) is 17.0. The number of carbonyl (C=O) groups excluding carboxylic acids is 1. The highest BCUT2D eigenvalue weighted by atomic mass is 19.1. The molecule has 0 spiro atoms. The topological polar surface area (TPSA) is 75.6 Å². The van der Waals surface area contributed by atoms with Crippen LogP contribution in [0.25, 0.3) is 11.1 Å². The molecule has 0 aliphatic carbocycles. The summed E-state index contributed by atoms with van der Waals surface area (Å²) >= 11 is 0. The summed E-state index contributed by atoms with van der Waals surface area (Å²) in [7, 11) is 1.41. The monoisotopic (exact) mass is 317 g/mol. The van der Waals surface area contributed by atoms with E-state index in [2.05, 4.69) is 5.32 Å². The molecule has 2 rings (SSSR count). The first-order valence-corrected chi connectivity index (χ1v) is 6.97. The normalized spacial score (nSPS) is 10.2. The summed E-state index contributed by atoms with van der Waals surface area (Å²) in [5.41, 5.74) is 1.06. The number of carbonyl (C=O) groups is 2. The number of benzene rings is 2. The molecule has 0 aliphatic heterocycles. The number of aromatic carboxylic acids is 1. The molecule has 1 amide bonds. The minimum atomic E-state index is -1.08. The number of hydrogen-bond acceptors (Lipinski definition) is 3. The van der Waals surface area contributed by atoms with Gasteiger partial charge in [0.25, 0.3) is 5.91 Å². The second-order valence-electron chi connectivity index (χ2n) is 4.77. The second kappa shape index (κ2) is 6.91. The smallest absolute Gasteiger partial charge is 0.335 e. The Balaban J connectivity index is 2.45. The summed E-state index contributed by atoms with van der Waals surface area (Å²) in [6, 6.07) is 8.53. The molecule has 0 aromatic heterocycles. The first-order valence-electron chi connectivity index (χ1n) is 6.97. The molecular weight excluding hydrogens is 301 g/mol. The minimum Gasteiger partial charge on any atom is -0.496 e. The van der Waals surface area contributed by atoms with E-state index in [1.54, 1.807) is 19.1 Å². The SMILES string of the molecule is CCNC(=O)c1ccc(-c2ccc(C(=O)O)cc2OC)cc1F. The zero-order valence-electron chi connectivity index (χ0n) is 12.7. The highest BCUT2D eigenvalue weighted by molar-refractivity contribution is 5.95. The van der Waals surface area contributed by atoms with E-state index in [0.29, 0.717) is 23.4 Å². The maximum atomic E-state index is 14.2. The number of halogens is 1. The molecular formula is C17H16FNO4. The molecule has 0 radical (unpaired) electrons. The minimum absolute atomic E-state index is 0.0447. The van der Waals surface area contributed by atoms with Crippen molar-refractivity contribution < 1.29 is 23.8 Å². The number of amides is 1. The van der Waals surface area contributed by atoms with E-state index in [0.717, 1.165) is 0 Å². The van der Waals surface area contributed by atoms with Gasteiger partial charge in [0.2, 0.25) is 0 Å². The van der Waals surface area contributed by atoms with Crippen LogP contribution in [0.2, 0.25) is 0 Å². The van der Waals surface area contributed by atoms with Crippen molar-refractivity contribution in [1.82, 2.24) is 5.32 Å². The van der Waals surface area contributed by atoms with Gasteiger partial charge in [-0.1, -0.05) is 6.07 Å². The quantitative estimate of drug-likeness (QED) is 0.889. The van der Waals surface area contributed by atoms with Gasteiger partial charge in [-0.3, -0.25) is 4.79 Å². The summed E-state index contributed by atoms with van der Waals surface area (Å²) in [6.07, 6.45) is 0. The lowest BCUT2D eigenvalue weighted by atomic mass is 10.0. The maximum absolute atomic E-state index is 14.2. The second-order valence-corrected chi connectivity index (χ2v) is 4.77. The Morgan fingerprint density at radius 2 is 1.96 bits per heavy atom. The van der Waals surface area contributed by atoms with Crippen molar-refractivity contribution in [2.45, 2.75) is 6.92 Å². The Kier molecular flexibility index (Phi) is 4.95. The van der Waals surface area contributed by atoms with Gasteiger partial charge in [-0.15, -0.1) is 0 Å². The van der Waals surface area contributed by atoms with Gasteiger partial charge in [0.15, 0.2) is 0 Å². The molecule has 23 heavy (non-hydrogen) atoms. The fraction of sp³-hybridized carbons (Fsp3) is 0.176. The number of rotatable bonds is 5. The van der Waals surface area contributed by atoms with E-state index in [1.807, 2.05) is 0 Å². The Morgan fingerprint density at radius 1 is 1.22 bits per heavy atom. The summed E-state index contributed by atoms with van der Waals surface area (Å²) in [5.74, 6) is -1.90. The molecule has 0 unspecified atom stereocenters. The van der Waals surface area contributed by atoms with Crippen LogP contribution in [0, 0.1) is 5.82 Å². The number of nitrogens with one attached hydrogen (secondary N) is 1. The van der Waals surface area contributed by atoms with Crippen molar-refractivity contribution in [3.05, 3.63) is 53.3 Å². The number of carboxylic acids is 1. The molecule has 0 saturated carbocycles. The number of methoxy groups -OCH3 is 1. The Bertz CT molecular complexity index is 758. The van der Waals surface area contributed by atoms with Crippen molar-refractivity contribution in [3.8, 4) is 16.9 Å². The Morgan fingerprint density at radius 3 is 2.52 bits per heavy atom. The van der Waals surface area contributed by atoms with E-state index in [9.17, 15) is 14.0 Å². The molecule has 0 atom stereocenters. The predicted octanol–water partition coefficient (Wildman–Crippen LogP) is 2.95. The molecule has 0 fully saturated rings. The van der Waals surface area contributed by atoms with Crippen molar-refractivity contribution >= 4 is 11.9 Å². The lowest BCUT2D eigenvalue weighted by molar-refractivity contribution is 0.0696. The average molecular weight is 317 g/mol. The van der Waals surface area contributed by atoms with Crippen molar-refractivity contribution in [2.75, 3.05) is 13.7 Å². The van der Waals surface area contributed by atoms with E-state index in [-0.39, 0.29) is 11.1 Å². The molecule has 2 N–H and O–H groups in total. The van der Waals surface area contributed by atoms with Gasteiger partial charge in [0.1, 0.15) is 11.6 Å². The molecule has 5 nitrogen and oxygen atoms in total. The standard InChI is InChI=1S/C17H16FNO4/c1-3-19-16(20)13-7-4-10(8-14(13)18)12-6-5-11(17(21)22)9-15(12)23-2/h4-9H,3H2,1-2H3,(H,19,20)(H,21,22). The molecule has 0 heterocycles. The zero-order valence-corrected chi connectivity index (χ0v) is 12.7. The average Bonchev–Trinajstić information content (AvgIpc) is 2.54. The summed E-state index contributed by atoms with van der Waals surface area (Å²) in [4.78, 5) is 22.7. The van der Waals surface area contributed by atoms with Crippen LogP contribution in [-0.4, -0.2) is 30.6 Å². The van der Waals surface area contributed by atoms with Crippen LogP contribution in [0.15, 0.2) is 36.4 Å². The van der Waals surface area contributed by atoms with Crippen LogP contribution in [0.1, 0.15) is 27.6 Å². The summed E-state index contributed by atoms with van der Waals surface area (Å²) in [6.45, 7) is 2.16. The highest BCUT2D eigenvalue weighted by Gasteiger charge is 2.15. The van der Waals surface area contributed by atoms with Crippen LogP contribution in [-0.2, 0) is 0 Å². The third kappa shape index (κ3) is 3.48. The lowest BCUT2D eigenvalue weighted by Gasteiger charge is -2.11. The van der Waals surface area contributed by atoms with Crippen LogP contribution in [0.5, 0.6) is 5.75 Å². The number of ether oxygens (including phenoxy) is 1. The van der Waals surface area contributed by atoms with Crippen molar-refractivity contribution in [3.63, 3.8) is 0 Å². The van der Waals surface area contributed by atoms with Gasteiger partial charge in [0.05, 0.1) is 18.2 Å². The molecule has 2 aromatic rings. The van der Waals surface area contributed by atoms with Crippen molar-refractivity contribution in [2.24, 2.45) is 0 Å². The van der Waals surface area contributed by atoms with Crippen LogP contribution >= 0.6 is 0 Å². The summed E-state index contributed by atoms with van der Waals surface area (Å²) < 4.78 is 19.3. The van der Waals surface area contributed by atoms with Crippen LogP contribution in [0.3, 0.4) is 0 Å². The summed E-state index contributed by atoms with van der Waals surface area (Å²) in [5, 5.41) is 11.5. The third-order valence-electron chi connectivity index (χ3n) is 3.31. The van der Waals surface area contributed by atoms with Crippen LogP contribution in [0.4, 0.5) is 4.39 Å². The molecule has 6 heteroatoms. The van der Waals surface area contributed by atoms with Crippen molar-refractivity contribution in [1.29, 1.82) is 0 Å². The van der Waals surface area contributed by atoms with Crippen LogP contribution < -0.4 is 10.1 Å². The van der Waals surface area contributed by atoms with E-state index >= 15 is 0 Å². The fourth-order valence-corrected chi connectivity index (χ4v) is 2.19. The van der Waals surface area contributed by atoms with E-state index in [1.165, 1.54) is 31.4 Å². The lowest BCUT2D eigenvalue weighted by Crippen LogP contribution is -2.23. The fourth-order valence-electron chi connectivity index (χ4n) is 2.19. The molecule has 0 aliphatic rings. The number of carboxylic acid groups (broad SMARTS) is 1. The first kappa shape index (κ1) is 16.5. The third-order valence-corrected chi connectivity index (χ3v) is 3.31. The first-order chi connectivity index (χ1) is 11.0. The maximum Gasteiger partial charge on any atom is 0.335 e. The molecule has 2 aromatic carbocycles. The number of hydrogen-bond donors (Lipinski definition) is 2. The van der Waals surface area contributed by atoms with Gasteiger partial charge in [-0.25, -0.2) is 9.18 Å². The Hall–Kier alpha value is -2.89. The molecule has 0 bridgehead atoms. The molecule has 0 saturated heterocycles. The van der Waals surface area contributed by atoms with Gasteiger partial charge in [0, 0.05) is 12.1 Å².